The molecular formula is C12H16N2O2. The van der Waals surface area contributed by atoms with Crippen molar-refractivity contribution < 1.29 is 9.53 Å². The minimum absolute atomic E-state index is 0.307. The van der Waals surface area contributed by atoms with Gasteiger partial charge in [-0.25, -0.2) is 0 Å². The molecule has 0 fully saturated rings. The van der Waals surface area contributed by atoms with Gasteiger partial charge in [-0.05, 0) is 37.5 Å². The molecule has 0 radical (unpaired) electrons. The number of carbonyl (C=O) groups excluding carboxylic acids is 1. The summed E-state index contributed by atoms with van der Waals surface area (Å²) in [7, 11) is 0. The van der Waals surface area contributed by atoms with Crippen molar-refractivity contribution in [3.63, 3.8) is 0 Å². The minimum Gasteiger partial charge on any atom is -0.427 e. The van der Waals surface area contributed by atoms with E-state index in [1.165, 1.54) is 12.5 Å². The van der Waals surface area contributed by atoms with Crippen molar-refractivity contribution in [2.45, 2.75) is 26.7 Å². The van der Waals surface area contributed by atoms with Gasteiger partial charge < -0.3 is 10.6 Å². The van der Waals surface area contributed by atoms with E-state index < -0.39 is 0 Å². The SMILES string of the molecule is CC(=O)Oc1ccc(CCC(C)=NN)cc1. The average Bonchev–Trinajstić information content (AvgIpc) is 2.27. The number of rotatable bonds is 4. The third kappa shape index (κ3) is 4.13. The second-order valence-electron chi connectivity index (χ2n) is 3.60. The van der Waals surface area contributed by atoms with Crippen LogP contribution in [0.15, 0.2) is 29.4 Å². The zero-order valence-corrected chi connectivity index (χ0v) is 9.56. The lowest BCUT2D eigenvalue weighted by atomic mass is 10.1. The average molecular weight is 220 g/mol. The van der Waals surface area contributed by atoms with Gasteiger partial charge in [0.05, 0.1) is 0 Å². The molecule has 4 nitrogen and oxygen atoms in total. The molecule has 0 saturated heterocycles. The van der Waals surface area contributed by atoms with E-state index in [0.29, 0.717) is 5.75 Å². The molecule has 1 aromatic rings. The van der Waals surface area contributed by atoms with E-state index in [4.69, 9.17) is 10.6 Å². The first-order valence-electron chi connectivity index (χ1n) is 5.12. The highest BCUT2D eigenvalue weighted by atomic mass is 16.5. The molecule has 1 aromatic carbocycles. The van der Waals surface area contributed by atoms with Crippen molar-refractivity contribution in [2.75, 3.05) is 0 Å². The molecule has 0 aliphatic rings. The Morgan fingerprint density at radius 2 is 1.94 bits per heavy atom. The molecule has 4 heteroatoms. The lowest BCUT2D eigenvalue weighted by molar-refractivity contribution is -0.131. The van der Waals surface area contributed by atoms with Crippen LogP contribution in [0.5, 0.6) is 5.75 Å². The van der Waals surface area contributed by atoms with Gasteiger partial charge in [-0.3, -0.25) is 4.79 Å². The topological polar surface area (TPSA) is 64.7 Å². The van der Waals surface area contributed by atoms with Crippen molar-refractivity contribution in [1.82, 2.24) is 0 Å². The van der Waals surface area contributed by atoms with Crippen molar-refractivity contribution in [2.24, 2.45) is 10.9 Å². The summed E-state index contributed by atoms with van der Waals surface area (Å²) >= 11 is 0. The van der Waals surface area contributed by atoms with Crippen LogP contribution >= 0.6 is 0 Å². The quantitative estimate of drug-likeness (QED) is 0.277. The van der Waals surface area contributed by atoms with Gasteiger partial charge >= 0.3 is 5.97 Å². The largest absolute Gasteiger partial charge is 0.427 e. The molecule has 0 saturated carbocycles. The molecule has 0 aliphatic carbocycles. The Labute approximate surface area is 95.1 Å². The third-order valence-electron chi connectivity index (χ3n) is 2.18. The predicted octanol–water partition coefficient (Wildman–Crippen LogP) is 1.88. The fourth-order valence-corrected chi connectivity index (χ4v) is 1.28. The van der Waals surface area contributed by atoms with Crippen molar-refractivity contribution in [3.8, 4) is 5.75 Å². The van der Waals surface area contributed by atoms with Gasteiger partial charge in [0, 0.05) is 12.6 Å². The molecule has 16 heavy (non-hydrogen) atoms. The number of carbonyl (C=O) groups is 1. The Morgan fingerprint density at radius 1 is 1.31 bits per heavy atom. The molecule has 0 aromatic heterocycles. The van der Waals surface area contributed by atoms with Crippen LogP contribution in [0.3, 0.4) is 0 Å². The van der Waals surface area contributed by atoms with E-state index in [1.54, 1.807) is 12.1 Å². The summed E-state index contributed by atoms with van der Waals surface area (Å²) in [6.45, 7) is 3.28. The van der Waals surface area contributed by atoms with Crippen LogP contribution in [0.1, 0.15) is 25.8 Å². The van der Waals surface area contributed by atoms with E-state index >= 15 is 0 Å². The van der Waals surface area contributed by atoms with Gasteiger partial charge in [0.1, 0.15) is 5.75 Å². The van der Waals surface area contributed by atoms with E-state index in [-0.39, 0.29) is 5.97 Å². The summed E-state index contributed by atoms with van der Waals surface area (Å²) < 4.78 is 4.93. The molecule has 0 spiro atoms. The zero-order valence-electron chi connectivity index (χ0n) is 9.56. The molecule has 0 bridgehead atoms. The van der Waals surface area contributed by atoms with Crippen LogP contribution in [-0.2, 0) is 11.2 Å². The monoisotopic (exact) mass is 220 g/mol. The second-order valence-corrected chi connectivity index (χ2v) is 3.60. The maximum Gasteiger partial charge on any atom is 0.308 e. The summed E-state index contributed by atoms with van der Waals surface area (Å²) in [4.78, 5) is 10.7. The number of benzene rings is 1. The number of nitrogens with zero attached hydrogens (tertiary/aromatic N) is 1. The lowest BCUT2D eigenvalue weighted by Gasteiger charge is -2.03. The third-order valence-corrected chi connectivity index (χ3v) is 2.18. The van der Waals surface area contributed by atoms with Crippen LogP contribution in [-0.4, -0.2) is 11.7 Å². The highest BCUT2D eigenvalue weighted by Crippen LogP contribution is 2.13. The normalized spacial score (nSPS) is 11.2. The molecule has 0 aliphatic heterocycles. The summed E-state index contributed by atoms with van der Waals surface area (Å²) in [6, 6.07) is 7.43. The van der Waals surface area contributed by atoms with Gasteiger partial charge in [0.15, 0.2) is 0 Å². The molecule has 0 heterocycles. The Hall–Kier alpha value is -1.84. The van der Waals surface area contributed by atoms with Crippen molar-refractivity contribution >= 4 is 11.7 Å². The predicted molar refractivity (Wildman–Crippen MR) is 63.4 cm³/mol. The lowest BCUT2D eigenvalue weighted by Crippen LogP contribution is -2.01. The molecule has 1 rings (SSSR count). The highest BCUT2D eigenvalue weighted by Gasteiger charge is 1.99. The molecule has 0 amide bonds. The van der Waals surface area contributed by atoms with E-state index in [2.05, 4.69) is 5.10 Å². The van der Waals surface area contributed by atoms with Crippen LogP contribution in [0.25, 0.3) is 0 Å². The Balaban J connectivity index is 2.54. The van der Waals surface area contributed by atoms with Gasteiger partial charge in [0.2, 0.25) is 0 Å². The van der Waals surface area contributed by atoms with Crippen LogP contribution in [0.2, 0.25) is 0 Å². The van der Waals surface area contributed by atoms with Crippen LogP contribution in [0, 0.1) is 0 Å². The maximum absolute atomic E-state index is 10.7. The maximum atomic E-state index is 10.7. The number of aryl methyl sites for hydroxylation is 1. The summed E-state index contributed by atoms with van der Waals surface area (Å²) in [6.07, 6.45) is 1.72. The molecular weight excluding hydrogens is 204 g/mol. The van der Waals surface area contributed by atoms with E-state index in [0.717, 1.165) is 18.6 Å². The Morgan fingerprint density at radius 3 is 2.44 bits per heavy atom. The first kappa shape index (κ1) is 12.2. The van der Waals surface area contributed by atoms with Crippen molar-refractivity contribution in [3.05, 3.63) is 29.8 Å². The van der Waals surface area contributed by atoms with Gasteiger partial charge in [0.25, 0.3) is 0 Å². The second kappa shape index (κ2) is 5.90. The van der Waals surface area contributed by atoms with Crippen LogP contribution < -0.4 is 10.6 Å². The highest BCUT2D eigenvalue weighted by molar-refractivity contribution is 5.81. The smallest absolute Gasteiger partial charge is 0.308 e. The number of esters is 1. The standard InChI is InChI=1S/C12H16N2O2/c1-9(14-13)3-4-11-5-7-12(8-6-11)16-10(2)15/h5-8H,3-4,13H2,1-2H3. The molecule has 86 valence electrons. The van der Waals surface area contributed by atoms with Crippen molar-refractivity contribution in [1.29, 1.82) is 0 Å². The van der Waals surface area contributed by atoms with Gasteiger partial charge in [-0.15, -0.1) is 0 Å². The Bertz CT molecular complexity index is 383. The fraction of sp³-hybridized carbons (Fsp3) is 0.333. The summed E-state index contributed by atoms with van der Waals surface area (Å²) in [5, 5.41) is 3.61. The number of ether oxygens (including phenoxy) is 1. The first-order chi connectivity index (χ1) is 7.61. The number of hydrazone groups is 1. The Kier molecular flexibility index (Phi) is 4.51. The zero-order chi connectivity index (χ0) is 12.0. The minimum atomic E-state index is -0.307. The molecule has 0 atom stereocenters. The van der Waals surface area contributed by atoms with E-state index in [9.17, 15) is 4.79 Å². The summed E-state index contributed by atoms with van der Waals surface area (Å²) in [5.74, 6) is 5.41. The summed E-state index contributed by atoms with van der Waals surface area (Å²) in [5.41, 5.74) is 2.09. The number of hydrogen-bond acceptors (Lipinski definition) is 4. The number of nitrogens with two attached hydrogens (primary N) is 1. The molecule has 0 unspecified atom stereocenters. The van der Waals surface area contributed by atoms with Crippen LogP contribution in [0.4, 0.5) is 0 Å². The fourth-order valence-electron chi connectivity index (χ4n) is 1.28. The first-order valence-corrected chi connectivity index (χ1v) is 5.12. The van der Waals surface area contributed by atoms with Gasteiger partial charge in [-0.2, -0.15) is 5.10 Å². The van der Waals surface area contributed by atoms with E-state index in [1.807, 2.05) is 19.1 Å². The van der Waals surface area contributed by atoms with Gasteiger partial charge in [-0.1, -0.05) is 12.1 Å². The molecule has 2 N–H and O–H groups in total. The number of hydrogen-bond donors (Lipinski definition) is 1.